The van der Waals surface area contributed by atoms with Crippen molar-refractivity contribution in [1.29, 1.82) is 0 Å². The maximum atomic E-state index is 13.0. The zero-order chi connectivity index (χ0) is 28.4. The van der Waals surface area contributed by atoms with Crippen molar-refractivity contribution in [3.8, 4) is 0 Å². The van der Waals surface area contributed by atoms with E-state index in [1.165, 1.54) is 59.4 Å². The SMILES string of the molecule is COC(=O)Cn1c(=NC(=O)c2ccc(S(=O)(=O)N(C)Cc3ccccc3)cc2)sc2cc(S(C)(=O)=O)ccc21. The average molecular weight is 588 g/mol. The van der Waals surface area contributed by atoms with E-state index in [1.807, 2.05) is 30.3 Å². The molecular formula is C26H25N3O7S3. The van der Waals surface area contributed by atoms with Crippen LogP contribution in [-0.4, -0.2) is 58.0 Å². The van der Waals surface area contributed by atoms with Gasteiger partial charge >= 0.3 is 5.97 Å². The molecule has 0 fully saturated rings. The van der Waals surface area contributed by atoms with E-state index in [-0.39, 0.29) is 33.2 Å². The van der Waals surface area contributed by atoms with E-state index >= 15 is 0 Å². The number of fused-ring (bicyclic) bond motifs is 1. The minimum atomic E-state index is -3.81. The maximum Gasteiger partial charge on any atom is 0.325 e. The first-order valence-corrected chi connectivity index (χ1v) is 15.6. The van der Waals surface area contributed by atoms with E-state index in [0.717, 1.165) is 23.2 Å². The van der Waals surface area contributed by atoms with Crippen molar-refractivity contribution >= 4 is 53.3 Å². The number of esters is 1. The molecule has 13 heteroatoms. The Balaban J connectivity index is 1.66. The highest BCUT2D eigenvalue weighted by atomic mass is 32.2. The molecule has 0 bridgehead atoms. The molecule has 0 radical (unpaired) electrons. The summed E-state index contributed by atoms with van der Waals surface area (Å²) in [4.78, 5) is 29.5. The lowest BCUT2D eigenvalue weighted by atomic mass is 10.2. The summed E-state index contributed by atoms with van der Waals surface area (Å²) in [7, 11) is -4.57. The highest BCUT2D eigenvalue weighted by molar-refractivity contribution is 7.90. The third kappa shape index (κ3) is 6.33. The number of aromatic nitrogens is 1. The van der Waals surface area contributed by atoms with Crippen LogP contribution in [0.5, 0.6) is 0 Å². The second-order valence-electron chi connectivity index (χ2n) is 8.64. The van der Waals surface area contributed by atoms with Gasteiger partial charge in [-0.05, 0) is 48.0 Å². The Kier molecular flexibility index (Phi) is 8.16. The molecule has 0 aliphatic heterocycles. The molecule has 1 heterocycles. The van der Waals surface area contributed by atoms with Gasteiger partial charge in [0, 0.05) is 25.4 Å². The molecule has 0 aliphatic carbocycles. The van der Waals surface area contributed by atoms with Gasteiger partial charge in [0.05, 0.1) is 27.1 Å². The van der Waals surface area contributed by atoms with Gasteiger partial charge < -0.3 is 9.30 Å². The number of sulfonamides is 1. The summed E-state index contributed by atoms with van der Waals surface area (Å²) in [5.74, 6) is -1.24. The van der Waals surface area contributed by atoms with Crippen LogP contribution >= 0.6 is 11.3 Å². The van der Waals surface area contributed by atoms with Crippen LogP contribution in [0.25, 0.3) is 10.2 Å². The molecule has 0 atom stereocenters. The number of carbonyl (C=O) groups excluding carboxylic acids is 2. The monoisotopic (exact) mass is 587 g/mol. The molecule has 204 valence electrons. The highest BCUT2D eigenvalue weighted by Gasteiger charge is 2.21. The van der Waals surface area contributed by atoms with E-state index in [2.05, 4.69) is 4.99 Å². The number of ether oxygens (including phenoxy) is 1. The lowest BCUT2D eigenvalue weighted by molar-refractivity contribution is -0.141. The van der Waals surface area contributed by atoms with Crippen molar-refractivity contribution in [3.63, 3.8) is 0 Å². The maximum absolute atomic E-state index is 13.0. The molecule has 4 aromatic rings. The molecule has 3 aromatic carbocycles. The van der Waals surface area contributed by atoms with Crippen molar-refractivity contribution in [2.24, 2.45) is 4.99 Å². The van der Waals surface area contributed by atoms with Gasteiger partial charge in [0.15, 0.2) is 14.6 Å². The van der Waals surface area contributed by atoms with Gasteiger partial charge in [0.1, 0.15) is 6.54 Å². The number of benzene rings is 3. The summed E-state index contributed by atoms with van der Waals surface area (Å²) < 4.78 is 58.0. The fourth-order valence-electron chi connectivity index (χ4n) is 3.74. The van der Waals surface area contributed by atoms with Gasteiger partial charge in [-0.3, -0.25) is 9.59 Å². The molecule has 10 nitrogen and oxygen atoms in total. The van der Waals surface area contributed by atoms with Gasteiger partial charge in [-0.1, -0.05) is 41.7 Å². The number of hydrogen-bond acceptors (Lipinski definition) is 8. The average Bonchev–Trinajstić information content (AvgIpc) is 3.24. The number of thiazole rings is 1. The van der Waals surface area contributed by atoms with Gasteiger partial charge in [-0.15, -0.1) is 0 Å². The second-order valence-corrected chi connectivity index (χ2v) is 13.7. The molecule has 0 spiro atoms. The molecule has 0 aliphatic rings. The fraction of sp³-hybridized carbons (Fsp3) is 0.192. The topological polar surface area (TPSA) is 132 Å². The van der Waals surface area contributed by atoms with Gasteiger partial charge in [0.2, 0.25) is 10.0 Å². The van der Waals surface area contributed by atoms with Crippen LogP contribution in [0.3, 0.4) is 0 Å². The van der Waals surface area contributed by atoms with Crippen molar-refractivity contribution in [3.05, 3.63) is 88.7 Å². The Morgan fingerprint density at radius 2 is 1.59 bits per heavy atom. The molecule has 1 amide bonds. The standard InChI is InChI=1S/C26H25N3O7S3/c1-28(16-18-7-5-4-6-8-18)39(34,35)20-11-9-19(10-12-20)25(31)27-26-29(17-24(30)36-2)22-14-13-21(38(3,32)33)15-23(22)37-26/h4-15H,16-17H2,1-3H3. The Bertz CT molecular complexity index is 1830. The first-order chi connectivity index (χ1) is 18.4. The molecule has 0 N–H and O–H groups in total. The molecule has 0 saturated carbocycles. The van der Waals surface area contributed by atoms with Crippen LogP contribution < -0.4 is 4.80 Å². The van der Waals surface area contributed by atoms with Crippen LogP contribution in [0.4, 0.5) is 0 Å². The highest BCUT2D eigenvalue weighted by Crippen LogP contribution is 2.23. The second kappa shape index (κ2) is 11.2. The first kappa shape index (κ1) is 28.4. The van der Waals surface area contributed by atoms with E-state index in [9.17, 15) is 26.4 Å². The number of carbonyl (C=O) groups is 2. The first-order valence-electron chi connectivity index (χ1n) is 11.5. The number of sulfone groups is 1. The predicted octanol–water partition coefficient (Wildman–Crippen LogP) is 2.84. The largest absolute Gasteiger partial charge is 0.468 e. The van der Waals surface area contributed by atoms with Crippen LogP contribution in [0.2, 0.25) is 0 Å². The number of nitrogens with zero attached hydrogens (tertiary/aromatic N) is 3. The van der Waals surface area contributed by atoms with Crippen LogP contribution in [0.15, 0.2) is 87.6 Å². The molecule has 0 saturated heterocycles. The van der Waals surface area contributed by atoms with Crippen molar-refractivity contribution in [2.75, 3.05) is 20.4 Å². The summed E-state index contributed by atoms with van der Waals surface area (Å²) in [6.07, 6.45) is 1.09. The Morgan fingerprint density at radius 1 is 0.949 bits per heavy atom. The Hall–Kier alpha value is -3.65. The summed E-state index contributed by atoms with van der Waals surface area (Å²) in [5, 5.41) is 0. The predicted molar refractivity (Wildman–Crippen MR) is 146 cm³/mol. The fourth-order valence-corrected chi connectivity index (χ4v) is 6.69. The lowest BCUT2D eigenvalue weighted by Gasteiger charge is -2.17. The minimum absolute atomic E-state index is 0.0217. The minimum Gasteiger partial charge on any atom is -0.468 e. The van der Waals surface area contributed by atoms with Crippen LogP contribution in [-0.2, 0) is 42.5 Å². The quantitative estimate of drug-likeness (QED) is 0.290. The molecular weight excluding hydrogens is 563 g/mol. The van der Waals surface area contributed by atoms with E-state index in [4.69, 9.17) is 4.74 Å². The lowest BCUT2D eigenvalue weighted by Crippen LogP contribution is -2.26. The number of hydrogen-bond donors (Lipinski definition) is 0. The number of methoxy groups -OCH3 is 1. The number of rotatable bonds is 8. The smallest absolute Gasteiger partial charge is 0.325 e. The molecule has 1 aromatic heterocycles. The van der Waals surface area contributed by atoms with E-state index in [0.29, 0.717) is 10.2 Å². The molecule has 4 rings (SSSR count). The zero-order valence-electron chi connectivity index (χ0n) is 21.3. The van der Waals surface area contributed by atoms with Gasteiger partial charge in [0.25, 0.3) is 5.91 Å². The van der Waals surface area contributed by atoms with Crippen molar-refractivity contribution < 1.29 is 31.2 Å². The Morgan fingerprint density at radius 3 is 2.21 bits per heavy atom. The number of amides is 1. The van der Waals surface area contributed by atoms with Gasteiger partial charge in [-0.25, -0.2) is 16.8 Å². The zero-order valence-corrected chi connectivity index (χ0v) is 23.7. The van der Waals surface area contributed by atoms with Crippen molar-refractivity contribution in [1.82, 2.24) is 8.87 Å². The third-order valence-corrected chi connectivity index (χ3v) is 9.82. The van der Waals surface area contributed by atoms with Crippen LogP contribution in [0.1, 0.15) is 15.9 Å². The molecule has 0 unspecified atom stereocenters. The summed E-state index contributed by atoms with van der Waals surface area (Å²) in [6.45, 7) is -0.0574. The normalized spacial score (nSPS) is 12.7. The van der Waals surface area contributed by atoms with Crippen molar-refractivity contribution in [2.45, 2.75) is 22.9 Å². The summed E-state index contributed by atoms with van der Waals surface area (Å²) >= 11 is 1.04. The Labute approximate surface area is 229 Å². The van der Waals surface area contributed by atoms with Crippen LogP contribution in [0, 0.1) is 0 Å². The third-order valence-electron chi connectivity index (χ3n) is 5.85. The van der Waals surface area contributed by atoms with Gasteiger partial charge in [-0.2, -0.15) is 9.30 Å². The molecule has 39 heavy (non-hydrogen) atoms. The summed E-state index contributed by atoms with van der Waals surface area (Å²) in [5.41, 5.74) is 1.48. The van der Waals surface area contributed by atoms with E-state index in [1.54, 1.807) is 6.07 Å². The summed E-state index contributed by atoms with van der Waals surface area (Å²) in [6, 6.07) is 19.0. The van der Waals surface area contributed by atoms with E-state index < -0.39 is 31.7 Å².